The topological polar surface area (TPSA) is 76.1 Å². The first-order valence-electron chi connectivity index (χ1n) is 10.2. The van der Waals surface area contributed by atoms with Crippen molar-refractivity contribution in [2.24, 2.45) is 5.92 Å². The summed E-state index contributed by atoms with van der Waals surface area (Å²) in [5.41, 5.74) is 2.85. The molecule has 4 rings (SSSR count). The molecule has 2 aromatic carbocycles. The first-order valence-corrected chi connectivity index (χ1v) is 10.2. The zero-order chi connectivity index (χ0) is 20.4. The average Bonchev–Trinajstić information content (AvgIpc) is 3.04. The minimum atomic E-state index is -0.186. The largest absolute Gasteiger partial charge is 0.497 e. The summed E-state index contributed by atoms with van der Waals surface area (Å²) >= 11 is 0. The highest BCUT2D eigenvalue weighted by Gasteiger charge is 2.23. The van der Waals surface area contributed by atoms with Gasteiger partial charge < -0.3 is 15.0 Å². The zero-order valence-corrected chi connectivity index (χ0v) is 16.9. The quantitative estimate of drug-likeness (QED) is 0.694. The van der Waals surface area contributed by atoms with E-state index in [4.69, 9.17) is 4.74 Å². The van der Waals surface area contributed by atoms with Crippen molar-refractivity contribution in [1.82, 2.24) is 14.9 Å². The van der Waals surface area contributed by atoms with Crippen molar-refractivity contribution < 1.29 is 9.53 Å². The number of ether oxygens (including phenoxy) is 1. The molecule has 2 N–H and O–H groups in total. The second-order valence-corrected chi connectivity index (χ2v) is 7.94. The number of fused-ring (bicyclic) bond motifs is 1. The van der Waals surface area contributed by atoms with Crippen LogP contribution >= 0.6 is 0 Å². The molecule has 152 valence electrons. The van der Waals surface area contributed by atoms with Crippen LogP contribution in [0.2, 0.25) is 0 Å². The van der Waals surface area contributed by atoms with Crippen molar-refractivity contribution in [3.63, 3.8) is 0 Å². The van der Waals surface area contributed by atoms with E-state index in [-0.39, 0.29) is 17.6 Å². The predicted octanol–water partition coefficient (Wildman–Crippen LogP) is 3.70. The number of H-pyrrole nitrogens is 1. The summed E-state index contributed by atoms with van der Waals surface area (Å²) in [5, 5.41) is 3.17. The number of carbonyl (C=O) groups excluding carboxylic acids is 1. The Morgan fingerprint density at radius 3 is 2.66 bits per heavy atom. The normalized spacial score (nSPS) is 19.2. The van der Waals surface area contributed by atoms with Gasteiger partial charge in [-0.15, -0.1) is 0 Å². The number of nitrogens with one attached hydrogen (secondary N) is 2. The highest BCUT2D eigenvalue weighted by molar-refractivity contribution is 5.97. The first-order chi connectivity index (χ1) is 14.0. The predicted molar refractivity (Wildman–Crippen MR) is 114 cm³/mol. The Morgan fingerprint density at radius 1 is 1.17 bits per heavy atom. The summed E-state index contributed by atoms with van der Waals surface area (Å²) in [4.78, 5) is 28.1. The van der Waals surface area contributed by atoms with E-state index in [1.54, 1.807) is 23.8 Å². The summed E-state index contributed by atoms with van der Waals surface area (Å²) in [5.74, 6) is 1.21. The second kappa shape index (κ2) is 8.15. The number of benzene rings is 2. The number of hydrogen-bond acceptors (Lipinski definition) is 3. The minimum Gasteiger partial charge on any atom is -0.497 e. The van der Waals surface area contributed by atoms with Crippen molar-refractivity contribution in [1.29, 1.82) is 0 Å². The van der Waals surface area contributed by atoms with E-state index < -0.39 is 0 Å². The zero-order valence-electron chi connectivity index (χ0n) is 16.9. The number of aromatic nitrogens is 2. The molecular formula is C23H27N3O3. The lowest BCUT2D eigenvalue weighted by atomic mass is 9.86. The van der Waals surface area contributed by atoms with Crippen LogP contribution in [0, 0.1) is 5.92 Å². The van der Waals surface area contributed by atoms with Gasteiger partial charge in [-0.2, -0.15) is 0 Å². The summed E-state index contributed by atoms with van der Waals surface area (Å²) in [7, 11) is 1.63. The van der Waals surface area contributed by atoms with Crippen LogP contribution in [0.15, 0.2) is 47.3 Å². The highest BCUT2D eigenvalue weighted by Crippen LogP contribution is 2.24. The Kier molecular flexibility index (Phi) is 5.43. The fourth-order valence-electron chi connectivity index (χ4n) is 4.16. The monoisotopic (exact) mass is 393 g/mol. The maximum atomic E-state index is 12.7. The number of nitrogens with zero attached hydrogens (tertiary/aromatic N) is 1. The molecule has 1 aliphatic carbocycles. The van der Waals surface area contributed by atoms with Crippen LogP contribution in [0.4, 0.5) is 0 Å². The van der Waals surface area contributed by atoms with Gasteiger partial charge in [-0.25, -0.2) is 4.79 Å². The number of hydrogen-bond donors (Lipinski definition) is 2. The fourth-order valence-corrected chi connectivity index (χ4v) is 4.16. The van der Waals surface area contributed by atoms with Gasteiger partial charge in [0.1, 0.15) is 5.75 Å². The Labute approximate surface area is 169 Å². The molecule has 29 heavy (non-hydrogen) atoms. The number of imidazole rings is 1. The third-order valence-electron chi connectivity index (χ3n) is 5.96. The molecule has 6 nitrogen and oxygen atoms in total. The van der Waals surface area contributed by atoms with Crippen LogP contribution in [0.25, 0.3) is 11.0 Å². The maximum absolute atomic E-state index is 12.7. The van der Waals surface area contributed by atoms with Crippen LogP contribution in [-0.2, 0) is 6.54 Å². The van der Waals surface area contributed by atoms with Crippen molar-refractivity contribution in [2.45, 2.75) is 45.2 Å². The van der Waals surface area contributed by atoms with Gasteiger partial charge in [0.2, 0.25) is 0 Å². The van der Waals surface area contributed by atoms with E-state index in [0.29, 0.717) is 23.5 Å². The number of rotatable bonds is 5. The van der Waals surface area contributed by atoms with E-state index in [1.165, 1.54) is 6.42 Å². The Hall–Kier alpha value is -3.02. The van der Waals surface area contributed by atoms with E-state index in [9.17, 15) is 9.59 Å². The molecule has 1 heterocycles. The average molecular weight is 393 g/mol. The summed E-state index contributed by atoms with van der Waals surface area (Å²) in [6.45, 7) is 2.65. The number of carbonyl (C=O) groups is 1. The molecule has 6 heteroatoms. The summed E-state index contributed by atoms with van der Waals surface area (Å²) < 4.78 is 6.86. The van der Waals surface area contributed by atoms with Crippen LogP contribution < -0.4 is 15.7 Å². The van der Waals surface area contributed by atoms with Crippen molar-refractivity contribution in [3.8, 4) is 5.75 Å². The molecule has 1 amide bonds. The summed E-state index contributed by atoms with van der Waals surface area (Å²) in [6, 6.07) is 13.3. The van der Waals surface area contributed by atoms with Crippen LogP contribution in [0.1, 0.15) is 48.5 Å². The molecule has 3 aromatic rings. The van der Waals surface area contributed by atoms with Gasteiger partial charge in [0.15, 0.2) is 0 Å². The Balaban J connectivity index is 1.55. The third-order valence-corrected chi connectivity index (χ3v) is 5.96. The molecule has 1 fully saturated rings. The van der Waals surface area contributed by atoms with Gasteiger partial charge in [-0.1, -0.05) is 31.9 Å². The van der Waals surface area contributed by atoms with Gasteiger partial charge in [0, 0.05) is 11.6 Å². The highest BCUT2D eigenvalue weighted by atomic mass is 16.5. The third kappa shape index (κ3) is 4.06. The molecule has 1 saturated carbocycles. The maximum Gasteiger partial charge on any atom is 0.326 e. The number of amides is 1. The molecule has 2 atom stereocenters. The standard InChI is InChI=1S/C23H27N3O3/c1-15-5-3-4-6-19(15)24-22(27)17-9-12-21-20(13-17)25-23(28)26(21)14-16-7-10-18(29-2)11-8-16/h7-13,15,19H,3-6,14H2,1-2H3,(H,24,27)(H,25,28)/t15-,19-/m1/s1. The second-order valence-electron chi connectivity index (χ2n) is 7.94. The molecular weight excluding hydrogens is 366 g/mol. The van der Waals surface area contributed by atoms with Crippen molar-refractivity contribution >= 4 is 16.9 Å². The van der Waals surface area contributed by atoms with Crippen molar-refractivity contribution in [3.05, 3.63) is 64.1 Å². The number of aromatic amines is 1. The van der Waals surface area contributed by atoms with Gasteiger partial charge in [0.05, 0.1) is 24.7 Å². The first kappa shape index (κ1) is 19.3. The number of methoxy groups -OCH3 is 1. The van der Waals surface area contributed by atoms with Crippen LogP contribution in [0.5, 0.6) is 5.75 Å². The van der Waals surface area contributed by atoms with E-state index in [2.05, 4.69) is 17.2 Å². The lowest BCUT2D eigenvalue weighted by Crippen LogP contribution is -2.41. The molecule has 1 aliphatic rings. The smallest absolute Gasteiger partial charge is 0.326 e. The van der Waals surface area contributed by atoms with Gasteiger partial charge >= 0.3 is 5.69 Å². The van der Waals surface area contributed by atoms with Gasteiger partial charge in [0.25, 0.3) is 5.91 Å². The fraction of sp³-hybridized carbons (Fsp3) is 0.391. The Morgan fingerprint density at radius 2 is 1.93 bits per heavy atom. The summed E-state index contributed by atoms with van der Waals surface area (Å²) in [6.07, 6.45) is 4.59. The molecule has 0 spiro atoms. The van der Waals surface area contributed by atoms with E-state index >= 15 is 0 Å². The van der Waals surface area contributed by atoms with Gasteiger partial charge in [-0.05, 0) is 54.7 Å². The SMILES string of the molecule is COc1ccc(Cn2c(=O)[nH]c3cc(C(=O)N[C@@H]4CCCC[C@H]4C)ccc32)cc1. The molecule has 0 saturated heterocycles. The lowest BCUT2D eigenvalue weighted by molar-refractivity contribution is 0.0910. The molecule has 0 aliphatic heterocycles. The lowest BCUT2D eigenvalue weighted by Gasteiger charge is -2.29. The molecule has 1 aromatic heterocycles. The van der Waals surface area contributed by atoms with Crippen LogP contribution in [0.3, 0.4) is 0 Å². The molecule has 0 radical (unpaired) electrons. The Bertz CT molecular complexity index is 1070. The minimum absolute atomic E-state index is 0.0746. The van der Waals surface area contributed by atoms with Gasteiger partial charge in [-0.3, -0.25) is 9.36 Å². The van der Waals surface area contributed by atoms with Crippen LogP contribution in [-0.4, -0.2) is 28.6 Å². The van der Waals surface area contributed by atoms with Crippen molar-refractivity contribution in [2.75, 3.05) is 7.11 Å². The van der Waals surface area contributed by atoms with E-state index in [0.717, 1.165) is 36.1 Å². The molecule has 0 bridgehead atoms. The molecule has 0 unspecified atom stereocenters. The van der Waals surface area contributed by atoms with E-state index in [1.807, 2.05) is 30.3 Å².